The molecule has 1 saturated heterocycles. The fourth-order valence-corrected chi connectivity index (χ4v) is 4.41. The van der Waals surface area contributed by atoms with E-state index < -0.39 is 0 Å². The van der Waals surface area contributed by atoms with Gasteiger partial charge in [0.15, 0.2) is 0 Å². The van der Waals surface area contributed by atoms with Crippen LogP contribution in [0, 0.1) is 11.3 Å². The van der Waals surface area contributed by atoms with Crippen LogP contribution in [0.15, 0.2) is 0 Å². The Hall–Kier alpha value is -3.20. The van der Waals surface area contributed by atoms with Gasteiger partial charge in [-0.1, -0.05) is 0 Å². The van der Waals surface area contributed by atoms with Crippen molar-refractivity contribution in [3.8, 4) is 6.07 Å². The smallest absolute Gasteiger partial charge is 0.240 e. The van der Waals surface area contributed by atoms with Gasteiger partial charge in [-0.2, -0.15) is 5.26 Å². The summed E-state index contributed by atoms with van der Waals surface area (Å²) in [6, 6.07) is 2.19. The maximum atomic E-state index is 12.9. The van der Waals surface area contributed by atoms with Gasteiger partial charge in [0.25, 0.3) is 0 Å². The Labute approximate surface area is 178 Å². The number of rotatable bonds is 7. The van der Waals surface area contributed by atoms with Gasteiger partial charge in [0.05, 0.1) is 50.8 Å². The number of ether oxygens (including phenoxy) is 1. The molecule has 7 N–H and O–H groups in total. The summed E-state index contributed by atoms with van der Waals surface area (Å²) < 4.78 is 5.68. The Bertz CT molecular complexity index is 1060. The maximum absolute atomic E-state index is 12.9. The summed E-state index contributed by atoms with van der Waals surface area (Å²) in [6.45, 7) is 1.07. The van der Waals surface area contributed by atoms with E-state index >= 15 is 0 Å². The van der Waals surface area contributed by atoms with Gasteiger partial charge in [-0.25, -0.2) is 9.97 Å². The third kappa shape index (κ3) is 3.59. The highest BCUT2D eigenvalue weighted by atomic mass is 16.5. The molecule has 11 heteroatoms. The summed E-state index contributed by atoms with van der Waals surface area (Å²) in [5.74, 6) is 0.961. The fraction of sp³-hybridized carbons (Fsp3) is 0.500. The van der Waals surface area contributed by atoms with Crippen LogP contribution in [-0.4, -0.2) is 66.7 Å². The van der Waals surface area contributed by atoms with Gasteiger partial charge in [0.1, 0.15) is 23.3 Å². The molecule has 0 aromatic carbocycles. The average Bonchev–Trinajstić information content (AvgIpc) is 3.36. The molecule has 0 saturated carbocycles. The Morgan fingerprint density at radius 3 is 2.65 bits per heavy atom. The molecule has 0 radical (unpaired) electrons. The predicted octanol–water partition coefficient (Wildman–Crippen LogP) is -1.06. The van der Waals surface area contributed by atoms with Crippen molar-refractivity contribution >= 4 is 40.0 Å². The van der Waals surface area contributed by atoms with Gasteiger partial charge < -0.3 is 26.4 Å². The number of carbonyl (C=O) groups excluding carboxylic acids is 1. The molecule has 4 heterocycles. The number of aliphatic hydroxyl groups excluding tert-OH is 2. The van der Waals surface area contributed by atoms with Crippen molar-refractivity contribution in [3.05, 3.63) is 11.1 Å². The zero-order valence-corrected chi connectivity index (χ0v) is 17.1. The van der Waals surface area contributed by atoms with Crippen molar-refractivity contribution in [1.29, 1.82) is 5.26 Å². The first kappa shape index (κ1) is 21.0. The molecule has 0 unspecified atom stereocenters. The van der Waals surface area contributed by atoms with E-state index in [1.165, 1.54) is 0 Å². The van der Waals surface area contributed by atoms with E-state index in [-0.39, 0.29) is 61.9 Å². The molecule has 2 aromatic heterocycles. The maximum Gasteiger partial charge on any atom is 0.240 e. The molecular weight excluding hydrogens is 402 g/mol. The molecule has 31 heavy (non-hydrogen) atoms. The lowest BCUT2D eigenvalue weighted by molar-refractivity contribution is -0.345. The minimum atomic E-state index is -0.180. The molecule has 2 aromatic rings. The van der Waals surface area contributed by atoms with Gasteiger partial charge in [0.2, 0.25) is 17.5 Å². The van der Waals surface area contributed by atoms with Crippen molar-refractivity contribution in [1.82, 2.24) is 4.98 Å². The van der Waals surface area contributed by atoms with Gasteiger partial charge in [-0.15, -0.1) is 0 Å². The third-order valence-corrected chi connectivity index (χ3v) is 5.78. The zero-order chi connectivity index (χ0) is 22.1. The van der Waals surface area contributed by atoms with E-state index in [2.05, 4.69) is 16.0 Å². The Balaban J connectivity index is 1.92. The standard InChI is InChI=1S/C20H25N7O4/c21-9-13-15-12-8-14(30)27(10-11-2-1-7-31-11)20(12)25-18(23)16(15)17(22)24-19(13)26(3-5-28)4-6-29/h11,28-29H,1-8,10H2,(H2,22,24)(H2,23,25)/p+1/t11-/m0/s1. The number of nitrogens with zero attached hydrogens (tertiary/aromatic N) is 4. The van der Waals surface area contributed by atoms with Crippen molar-refractivity contribution < 1.29 is 24.7 Å². The number of pyridine rings is 2. The van der Waals surface area contributed by atoms with Gasteiger partial charge in [-0.05, 0) is 12.8 Å². The first-order valence-electron chi connectivity index (χ1n) is 10.3. The summed E-state index contributed by atoms with van der Waals surface area (Å²) in [4.78, 5) is 23.5. The zero-order valence-electron chi connectivity index (χ0n) is 17.1. The molecular formula is C20H26N7O4+. The second kappa shape index (κ2) is 8.50. The first-order chi connectivity index (χ1) is 15.0. The fourth-order valence-electron chi connectivity index (χ4n) is 4.41. The highest BCUT2D eigenvalue weighted by Gasteiger charge is 2.37. The predicted molar refractivity (Wildman–Crippen MR) is 113 cm³/mol. The van der Waals surface area contributed by atoms with Crippen LogP contribution >= 0.6 is 0 Å². The van der Waals surface area contributed by atoms with Crippen molar-refractivity contribution in [3.63, 3.8) is 0 Å². The lowest BCUT2D eigenvalue weighted by atomic mass is 10.0. The molecule has 1 amide bonds. The van der Waals surface area contributed by atoms with Crippen molar-refractivity contribution in [2.24, 2.45) is 0 Å². The summed E-state index contributed by atoms with van der Waals surface area (Å²) >= 11 is 0. The van der Waals surface area contributed by atoms with E-state index in [1.807, 2.05) is 0 Å². The molecule has 1 fully saturated rings. The summed E-state index contributed by atoms with van der Waals surface area (Å²) in [5.41, 5.74) is 13.3. The van der Waals surface area contributed by atoms with E-state index in [9.17, 15) is 20.3 Å². The van der Waals surface area contributed by atoms with E-state index in [4.69, 9.17) is 16.2 Å². The molecule has 4 rings (SSSR count). The van der Waals surface area contributed by atoms with E-state index in [0.717, 1.165) is 12.8 Å². The highest BCUT2D eigenvalue weighted by Crippen LogP contribution is 2.40. The molecule has 2 aliphatic rings. The minimum Gasteiger partial charge on any atom is -0.393 e. The van der Waals surface area contributed by atoms with Crippen LogP contribution in [-0.2, 0) is 16.0 Å². The number of H-pyrrole nitrogens is 1. The first-order valence-corrected chi connectivity index (χ1v) is 10.3. The molecule has 164 valence electrons. The summed E-state index contributed by atoms with van der Waals surface area (Å²) in [5, 5.41) is 29.8. The van der Waals surface area contributed by atoms with Gasteiger partial charge in [0, 0.05) is 17.6 Å². The van der Waals surface area contributed by atoms with Gasteiger partial charge in [-0.3, -0.25) is 14.6 Å². The van der Waals surface area contributed by atoms with E-state index in [1.54, 1.807) is 9.80 Å². The van der Waals surface area contributed by atoms with Crippen LogP contribution in [0.1, 0.15) is 24.0 Å². The largest absolute Gasteiger partial charge is 0.393 e. The Morgan fingerprint density at radius 1 is 1.29 bits per heavy atom. The lowest BCUT2D eigenvalue weighted by Crippen LogP contribution is -2.36. The molecule has 2 aliphatic heterocycles. The van der Waals surface area contributed by atoms with Crippen molar-refractivity contribution in [2.75, 3.05) is 60.7 Å². The van der Waals surface area contributed by atoms with Crippen molar-refractivity contribution in [2.45, 2.75) is 25.4 Å². The number of nitrogens with two attached hydrogens (primary N) is 2. The highest BCUT2D eigenvalue weighted by molar-refractivity contribution is 6.12. The number of hydrogen-bond donors (Lipinski definition) is 4. The normalized spacial score (nSPS) is 17.9. The number of amides is 1. The number of aromatic amines is 1. The SMILES string of the molecule is N#Cc1c(N(CCO)CCO)[nH+]c(N)c2c(N)nc3c(c12)CC(=O)N3C[C@@H]1CCCO1. The monoisotopic (exact) mass is 428 g/mol. The molecule has 0 bridgehead atoms. The number of hydrogen-bond acceptors (Lipinski definition) is 9. The number of nitrogens with one attached hydrogen (secondary N) is 1. The number of aliphatic hydroxyl groups is 2. The number of anilines is 4. The summed E-state index contributed by atoms with van der Waals surface area (Å²) in [7, 11) is 0. The van der Waals surface area contributed by atoms with Crippen LogP contribution in [0.2, 0.25) is 0 Å². The minimum absolute atomic E-state index is 0.0570. The number of aromatic nitrogens is 2. The second-order valence-corrected chi connectivity index (χ2v) is 7.67. The molecule has 0 spiro atoms. The van der Waals surface area contributed by atoms with Crippen LogP contribution in [0.4, 0.5) is 23.3 Å². The topological polar surface area (TPSA) is 176 Å². The molecule has 0 aliphatic carbocycles. The average molecular weight is 428 g/mol. The van der Waals surface area contributed by atoms with Crippen LogP contribution in [0.3, 0.4) is 0 Å². The number of carbonyl (C=O) groups is 1. The van der Waals surface area contributed by atoms with Crippen LogP contribution in [0.25, 0.3) is 10.8 Å². The number of nitrogen functional groups attached to an aromatic ring is 2. The number of nitriles is 1. The van der Waals surface area contributed by atoms with Crippen LogP contribution in [0.5, 0.6) is 0 Å². The molecule has 11 nitrogen and oxygen atoms in total. The van der Waals surface area contributed by atoms with E-state index in [0.29, 0.717) is 41.1 Å². The Kier molecular flexibility index (Phi) is 5.77. The molecule has 1 atom stereocenters. The lowest BCUT2D eigenvalue weighted by Gasteiger charge is -2.22. The quantitative estimate of drug-likeness (QED) is 0.428. The van der Waals surface area contributed by atoms with Crippen LogP contribution < -0.4 is 26.3 Å². The third-order valence-electron chi connectivity index (χ3n) is 5.78. The summed E-state index contributed by atoms with van der Waals surface area (Å²) in [6.07, 6.45) is 1.84. The number of fused-ring (bicyclic) bond motifs is 3. The Morgan fingerprint density at radius 2 is 2.03 bits per heavy atom. The second-order valence-electron chi connectivity index (χ2n) is 7.67. The van der Waals surface area contributed by atoms with Gasteiger partial charge >= 0.3 is 0 Å².